The number of piperidine rings is 1. The van der Waals surface area contributed by atoms with E-state index in [0.717, 1.165) is 37.6 Å². The van der Waals surface area contributed by atoms with E-state index in [1.54, 1.807) is 0 Å². The van der Waals surface area contributed by atoms with Gasteiger partial charge in [-0.2, -0.15) is 9.41 Å². The van der Waals surface area contributed by atoms with Crippen molar-refractivity contribution in [2.75, 3.05) is 13.1 Å². The molecule has 148 valence electrons. The lowest BCUT2D eigenvalue weighted by atomic mass is 10.2. The highest BCUT2D eigenvalue weighted by Gasteiger charge is 2.26. The fourth-order valence-electron chi connectivity index (χ4n) is 2.87. The molecule has 1 heterocycles. The van der Waals surface area contributed by atoms with Crippen LogP contribution in [-0.4, -0.2) is 37.9 Å². The molecule has 6 nitrogen and oxygen atoms in total. The Bertz CT molecular complexity index is 1000. The zero-order valence-electron chi connectivity index (χ0n) is 14.9. The average molecular weight is 407 g/mol. The Hall–Kier alpha value is -2.65. The van der Waals surface area contributed by atoms with Gasteiger partial charge in [-0.15, -0.1) is 0 Å². The summed E-state index contributed by atoms with van der Waals surface area (Å²) in [6.45, 7) is 0.939. The molecule has 0 saturated carbocycles. The predicted octanol–water partition coefficient (Wildman–Crippen LogP) is 2.90. The van der Waals surface area contributed by atoms with Gasteiger partial charge in [-0.3, -0.25) is 4.79 Å². The normalized spacial score (nSPS) is 15.6. The molecule has 1 amide bonds. The predicted molar refractivity (Wildman–Crippen MR) is 100 cm³/mol. The van der Waals surface area contributed by atoms with Crippen LogP contribution in [0, 0.1) is 11.6 Å². The SMILES string of the molecule is O=C(N/N=C\c1ccc(F)c(F)c1)c1cccc(S(=O)(=O)N2CCCCC2)c1. The Balaban J connectivity index is 1.71. The third-order valence-corrected chi connectivity index (χ3v) is 6.27. The highest BCUT2D eigenvalue weighted by Crippen LogP contribution is 2.21. The van der Waals surface area contributed by atoms with Crippen LogP contribution in [0.15, 0.2) is 52.5 Å². The van der Waals surface area contributed by atoms with Gasteiger partial charge in [0, 0.05) is 18.7 Å². The molecule has 1 aliphatic rings. The van der Waals surface area contributed by atoms with Crippen molar-refractivity contribution in [2.45, 2.75) is 24.2 Å². The van der Waals surface area contributed by atoms with Gasteiger partial charge in [-0.1, -0.05) is 18.6 Å². The van der Waals surface area contributed by atoms with E-state index in [2.05, 4.69) is 10.5 Å². The zero-order valence-corrected chi connectivity index (χ0v) is 15.8. The second kappa shape index (κ2) is 8.57. The second-order valence-corrected chi connectivity index (χ2v) is 8.30. The fourth-order valence-corrected chi connectivity index (χ4v) is 4.44. The number of carbonyl (C=O) groups is 1. The molecule has 1 aliphatic heterocycles. The van der Waals surface area contributed by atoms with Crippen molar-refractivity contribution >= 4 is 22.1 Å². The molecule has 2 aromatic rings. The monoisotopic (exact) mass is 407 g/mol. The maximum absolute atomic E-state index is 13.2. The van der Waals surface area contributed by atoms with Crippen LogP contribution in [0.4, 0.5) is 8.78 Å². The number of nitrogens with one attached hydrogen (secondary N) is 1. The molecule has 0 aromatic heterocycles. The summed E-state index contributed by atoms with van der Waals surface area (Å²) in [7, 11) is -3.65. The summed E-state index contributed by atoms with van der Waals surface area (Å²) in [4.78, 5) is 12.3. The van der Waals surface area contributed by atoms with E-state index in [0.29, 0.717) is 13.1 Å². The summed E-state index contributed by atoms with van der Waals surface area (Å²) in [6, 6.07) is 8.91. The van der Waals surface area contributed by atoms with E-state index in [-0.39, 0.29) is 16.0 Å². The first-order chi connectivity index (χ1) is 13.4. The smallest absolute Gasteiger partial charge is 0.267 e. The first-order valence-electron chi connectivity index (χ1n) is 8.76. The lowest BCUT2D eigenvalue weighted by molar-refractivity contribution is 0.0955. The van der Waals surface area contributed by atoms with E-state index in [4.69, 9.17) is 0 Å². The molecule has 1 saturated heterocycles. The van der Waals surface area contributed by atoms with Gasteiger partial charge in [0.15, 0.2) is 11.6 Å². The van der Waals surface area contributed by atoms with E-state index in [9.17, 15) is 22.0 Å². The number of hydrazone groups is 1. The van der Waals surface area contributed by atoms with Gasteiger partial charge in [-0.25, -0.2) is 22.6 Å². The first-order valence-corrected chi connectivity index (χ1v) is 10.2. The van der Waals surface area contributed by atoms with Gasteiger partial charge in [0.2, 0.25) is 10.0 Å². The molecule has 3 rings (SSSR count). The highest BCUT2D eigenvalue weighted by atomic mass is 32.2. The summed E-state index contributed by atoms with van der Waals surface area (Å²) in [5, 5.41) is 3.70. The first kappa shape index (κ1) is 20.1. The molecular formula is C19H19F2N3O3S. The quantitative estimate of drug-likeness (QED) is 0.612. The van der Waals surface area contributed by atoms with Crippen molar-refractivity contribution < 1.29 is 22.0 Å². The molecule has 28 heavy (non-hydrogen) atoms. The third-order valence-electron chi connectivity index (χ3n) is 4.37. The number of halogens is 2. The van der Waals surface area contributed by atoms with Gasteiger partial charge in [0.05, 0.1) is 11.1 Å². The van der Waals surface area contributed by atoms with Crippen molar-refractivity contribution in [1.82, 2.24) is 9.73 Å². The Morgan fingerprint density at radius 3 is 2.50 bits per heavy atom. The van der Waals surface area contributed by atoms with Crippen molar-refractivity contribution in [3.63, 3.8) is 0 Å². The van der Waals surface area contributed by atoms with Crippen molar-refractivity contribution in [3.8, 4) is 0 Å². The lowest BCUT2D eigenvalue weighted by Gasteiger charge is -2.25. The molecule has 9 heteroatoms. The number of benzene rings is 2. The lowest BCUT2D eigenvalue weighted by Crippen LogP contribution is -2.35. The van der Waals surface area contributed by atoms with Crippen LogP contribution in [0.5, 0.6) is 0 Å². The minimum absolute atomic E-state index is 0.0478. The minimum atomic E-state index is -3.65. The molecular weight excluding hydrogens is 388 g/mol. The van der Waals surface area contributed by atoms with Crippen molar-refractivity contribution in [3.05, 3.63) is 65.2 Å². The Morgan fingerprint density at radius 2 is 1.79 bits per heavy atom. The molecule has 1 fully saturated rings. The standard InChI is InChI=1S/C19H19F2N3O3S/c20-17-8-7-14(11-18(17)21)13-22-23-19(25)15-5-4-6-16(12-15)28(26,27)24-9-2-1-3-10-24/h4-8,11-13H,1-3,9-10H2,(H,23,25)/b22-13-. The number of hydrogen-bond donors (Lipinski definition) is 1. The van der Waals surface area contributed by atoms with Gasteiger partial charge < -0.3 is 0 Å². The molecule has 0 spiro atoms. The van der Waals surface area contributed by atoms with E-state index in [1.807, 2.05) is 0 Å². The summed E-state index contributed by atoms with van der Waals surface area (Å²) in [5.74, 6) is -2.62. The number of hydrogen-bond acceptors (Lipinski definition) is 4. The second-order valence-electron chi connectivity index (χ2n) is 6.37. The van der Waals surface area contributed by atoms with E-state index >= 15 is 0 Å². The molecule has 0 aliphatic carbocycles. The van der Waals surface area contributed by atoms with Crippen molar-refractivity contribution in [2.24, 2.45) is 5.10 Å². The topological polar surface area (TPSA) is 78.8 Å². The van der Waals surface area contributed by atoms with E-state index in [1.165, 1.54) is 34.6 Å². The molecule has 1 N–H and O–H groups in total. The summed E-state index contributed by atoms with van der Waals surface area (Å²) in [5.41, 5.74) is 2.64. The summed E-state index contributed by atoms with van der Waals surface area (Å²) in [6.07, 6.45) is 3.80. The maximum Gasteiger partial charge on any atom is 0.271 e. The number of carbonyl (C=O) groups excluding carboxylic acids is 1. The Labute approximate surface area is 161 Å². The molecule has 2 aromatic carbocycles. The minimum Gasteiger partial charge on any atom is -0.267 e. The molecule has 0 radical (unpaired) electrons. The van der Waals surface area contributed by atoms with Crippen LogP contribution in [0.2, 0.25) is 0 Å². The molecule has 0 atom stereocenters. The molecule has 0 unspecified atom stereocenters. The largest absolute Gasteiger partial charge is 0.271 e. The van der Waals surface area contributed by atoms with Crippen LogP contribution in [0.3, 0.4) is 0 Å². The maximum atomic E-state index is 13.2. The van der Waals surface area contributed by atoms with Gasteiger partial charge in [0.1, 0.15) is 0 Å². The van der Waals surface area contributed by atoms with Crippen LogP contribution in [-0.2, 0) is 10.0 Å². The van der Waals surface area contributed by atoms with Gasteiger partial charge in [-0.05, 0) is 48.7 Å². The van der Waals surface area contributed by atoms with Crippen LogP contribution in [0.1, 0.15) is 35.2 Å². The number of rotatable bonds is 5. The summed E-state index contributed by atoms with van der Waals surface area (Å²) >= 11 is 0. The van der Waals surface area contributed by atoms with Crippen LogP contribution in [0.25, 0.3) is 0 Å². The Kier molecular flexibility index (Phi) is 6.15. The highest BCUT2D eigenvalue weighted by molar-refractivity contribution is 7.89. The van der Waals surface area contributed by atoms with Gasteiger partial charge in [0.25, 0.3) is 5.91 Å². The van der Waals surface area contributed by atoms with Gasteiger partial charge >= 0.3 is 0 Å². The van der Waals surface area contributed by atoms with Crippen molar-refractivity contribution in [1.29, 1.82) is 0 Å². The zero-order chi connectivity index (χ0) is 20.1. The fraction of sp³-hybridized carbons (Fsp3) is 0.263. The number of nitrogens with zero attached hydrogens (tertiary/aromatic N) is 2. The molecule has 0 bridgehead atoms. The van der Waals surface area contributed by atoms with Crippen LogP contribution < -0.4 is 5.43 Å². The number of sulfonamides is 1. The number of amides is 1. The average Bonchev–Trinajstić information content (AvgIpc) is 2.71. The third kappa shape index (κ3) is 4.60. The summed E-state index contributed by atoms with van der Waals surface area (Å²) < 4.78 is 52.9. The van der Waals surface area contributed by atoms with E-state index < -0.39 is 27.6 Å². The Morgan fingerprint density at radius 1 is 1.04 bits per heavy atom. The van der Waals surface area contributed by atoms with Crippen LogP contribution >= 0.6 is 0 Å².